The molecule has 0 radical (unpaired) electrons. The Bertz CT molecular complexity index is 276. The van der Waals surface area contributed by atoms with Crippen LogP contribution in [-0.2, 0) is 0 Å². The zero-order chi connectivity index (χ0) is 14.4. The molecule has 0 spiro atoms. The Morgan fingerprint density at radius 1 is 1.15 bits per heavy atom. The van der Waals surface area contributed by atoms with Gasteiger partial charge in [-0.1, -0.05) is 19.3 Å². The first-order valence-corrected chi connectivity index (χ1v) is 8.72. The summed E-state index contributed by atoms with van der Waals surface area (Å²) in [6.45, 7) is 4.94. The Morgan fingerprint density at radius 2 is 1.90 bits per heavy atom. The first kappa shape index (κ1) is 16.3. The molecule has 3 nitrogen and oxygen atoms in total. The third kappa shape index (κ3) is 4.19. The average molecular weight is 282 g/mol. The number of fused-ring (bicyclic) bond motifs is 1. The molecule has 2 fully saturated rings. The van der Waals surface area contributed by atoms with Crippen molar-refractivity contribution in [2.75, 3.05) is 26.7 Å². The smallest absolute Gasteiger partial charge is 0.0610 e. The predicted octanol–water partition coefficient (Wildman–Crippen LogP) is 2.78. The number of piperidine rings is 1. The molecular formula is C17H34N2O. The van der Waals surface area contributed by atoms with Gasteiger partial charge in [0.1, 0.15) is 0 Å². The third-order valence-corrected chi connectivity index (χ3v) is 5.73. The highest BCUT2D eigenvalue weighted by Crippen LogP contribution is 2.35. The normalized spacial score (nSPS) is 30.8. The lowest BCUT2D eigenvalue weighted by Crippen LogP contribution is -2.47. The van der Waals surface area contributed by atoms with Crippen LogP contribution in [0.25, 0.3) is 0 Å². The number of aliphatic hydroxyl groups is 1. The van der Waals surface area contributed by atoms with E-state index in [2.05, 4.69) is 17.1 Å². The van der Waals surface area contributed by atoms with Crippen molar-refractivity contribution < 1.29 is 5.11 Å². The van der Waals surface area contributed by atoms with Crippen LogP contribution in [0.5, 0.6) is 0 Å². The molecule has 2 aliphatic rings. The van der Waals surface area contributed by atoms with Gasteiger partial charge in [0.2, 0.25) is 0 Å². The minimum atomic E-state index is -0.0880. The summed E-state index contributed by atoms with van der Waals surface area (Å²) in [7, 11) is 1.95. The van der Waals surface area contributed by atoms with Crippen LogP contribution in [0.4, 0.5) is 0 Å². The standard InChI is InChI=1S/C17H34N2O/c1-17(14-20,18-2)11-5-6-12-19-13-7-9-15-8-3-4-10-16(15)19/h15-16,18,20H,3-14H2,1-2H3/t15-,16-,17?/m1/s1. The van der Waals surface area contributed by atoms with E-state index in [1.165, 1.54) is 64.5 Å². The highest BCUT2D eigenvalue weighted by Gasteiger charge is 2.32. The Labute approximate surface area is 125 Å². The molecule has 118 valence electrons. The van der Waals surface area contributed by atoms with E-state index in [0.29, 0.717) is 0 Å². The van der Waals surface area contributed by atoms with E-state index in [1.54, 1.807) is 0 Å². The molecule has 1 unspecified atom stereocenters. The monoisotopic (exact) mass is 282 g/mol. The van der Waals surface area contributed by atoms with E-state index in [-0.39, 0.29) is 12.1 Å². The number of rotatable bonds is 7. The van der Waals surface area contributed by atoms with Gasteiger partial charge in [-0.05, 0) is 71.5 Å². The quantitative estimate of drug-likeness (QED) is 0.705. The molecule has 1 saturated carbocycles. The molecule has 20 heavy (non-hydrogen) atoms. The van der Waals surface area contributed by atoms with Crippen LogP contribution >= 0.6 is 0 Å². The molecule has 0 aromatic heterocycles. The van der Waals surface area contributed by atoms with Gasteiger partial charge in [0.15, 0.2) is 0 Å². The molecule has 2 N–H and O–H groups in total. The second kappa shape index (κ2) is 7.77. The molecule has 3 atom stereocenters. The van der Waals surface area contributed by atoms with Gasteiger partial charge >= 0.3 is 0 Å². The Kier molecular flexibility index (Phi) is 6.31. The molecule has 1 saturated heterocycles. The van der Waals surface area contributed by atoms with E-state index in [9.17, 15) is 5.11 Å². The summed E-state index contributed by atoms with van der Waals surface area (Å²) < 4.78 is 0. The maximum absolute atomic E-state index is 9.41. The van der Waals surface area contributed by atoms with Crippen molar-refractivity contribution in [2.45, 2.75) is 76.3 Å². The molecule has 1 aliphatic heterocycles. The van der Waals surface area contributed by atoms with Crippen molar-refractivity contribution in [3.05, 3.63) is 0 Å². The molecule has 1 heterocycles. The third-order valence-electron chi connectivity index (χ3n) is 5.73. The number of aliphatic hydroxyl groups excluding tert-OH is 1. The number of hydrogen-bond acceptors (Lipinski definition) is 3. The molecule has 0 aromatic rings. The Morgan fingerprint density at radius 3 is 2.65 bits per heavy atom. The maximum atomic E-state index is 9.41. The second-order valence-corrected chi connectivity index (χ2v) is 7.22. The fraction of sp³-hybridized carbons (Fsp3) is 1.00. The SMILES string of the molecule is CNC(C)(CO)CCCCN1CCC[C@H]2CCCC[C@H]21. The van der Waals surface area contributed by atoms with Crippen LogP contribution in [0.2, 0.25) is 0 Å². The first-order chi connectivity index (χ1) is 9.68. The second-order valence-electron chi connectivity index (χ2n) is 7.22. The number of hydrogen-bond donors (Lipinski definition) is 2. The summed E-state index contributed by atoms with van der Waals surface area (Å²) in [5.41, 5.74) is -0.0880. The summed E-state index contributed by atoms with van der Waals surface area (Å²) in [6.07, 6.45) is 12.3. The van der Waals surface area contributed by atoms with Gasteiger partial charge in [-0.2, -0.15) is 0 Å². The lowest BCUT2D eigenvalue weighted by molar-refractivity contribution is 0.0586. The first-order valence-electron chi connectivity index (χ1n) is 8.72. The lowest BCUT2D eigenvalue weighted by Gasteiger charge is -2.44. The molecular weight excluding hydrogens is 248 g/mol. The molecule has 0 amide bonds. The highest BCUT2D eigenvalue weighted by molar-refractivity contribution is 4.87. The molecule has 2 rings (SSSR count). The van der Waals surface area contributed by atoms with Crippen LogP contribution < -0.4 is 5.32 Å². The number of likely N-dealkylation sites (N-methyl/N-ethyl adjacent to an activating group) is 1. The van der Waals surface area contributed by atoms with E-state index in [0.717, 1.165) is 18.4 Å². The van der Waals surface area contributed by atoms with E-state index >= 15 is 0 Å². The van der Waals surface area contributed by atoms with Crippen molar-refractivity contribution in [3.8, 4) is 0 Å². The molecule has 0 bridgehead atoms. The van der Waals surface area contributed by atoms with E-state index in [4.69, 9.17) is 0 Å². The summed E-state index contributed by atoms with van der Waals surface area (Å²) >= 11 is 0. The van der Waals surface area contributed by atoms with Gasteiger partial charge in [-0.25, -0.2) is 0 Å². The van der Waals surface area contributed by atoms with Gasteiger partial charge in [-0.15, -0.1) is 0 Å². The largest absolute Gasteiger partial charge is 0.394 e. The number of likely N-dealkylation sites (tertiary alicyclic amines) is 1. The Balaban J connectivity index is 1.70. The van der Waals surface area contributed by atoms with Crippen LogP contribution in [0.1, 0.15) is 64.7 Å². The van der Waals surface area contributed by atoms with E-state index < -0.39 is 0 Å². The summed E-state index contributed by atoms with van der Waals surface area (Å²) in [5, 5.41) is 12.7. The van der Waals surface area contributed by atoms with Crippen LogP contribution in [0, 0.1) is 5.92 Å². The summed E-state index contributed by atoms with van der Waals surface area (Å²) in [4.78, 5) is 2.78. The van der Waals surface area contributed by atoms with Crippen molar-refractivity contribution >= 4 is 0 Å². The number of unbranched alkanes of at least 4 members (excludes halogenated alkanes) is 1. The fourth-order valence-electron chi connectivity index (χ4n) is 4.12. The van der Waals surface area contributed by atoms with Crippen molar-refractivity contribution in [3.63, 3.8) is 0 Å². The van der Waals surface area contributed by atoms with Crippen molar-refractivity contribution in [1.82, 2.24) is 10.2 Å². The van der Waals surface area contributed by atoms with Gasteiger partial charge in [0.25, 0.3) is 0 Å². The van der Waals surface area contributed by atoms with E-state index in [1.807, 2.05) is 7.05 Å². The average Bonchev–Trinajstić information content (AvgIpc) is 2.51. The predicted molar refractivity (Wildman–Crippen MR) is 85.0 cm³/mol. The van der Waals surface area contributed by atoms with Gasteiger partial charge in [-0.3, -0.25) is 0 Å². The summed E-state index contributed by atoms with van der Waals surface area (Å²) in [6, 6.07) is 0.894. The number of nitrogens with zero attached hydrogens (tertiary/aromatic N) is 1. The van der Waals surface area contributed by atoms with Crippen LogP contribution in [-0.4, -0.2) is 48.3 Å². The van der Waals surface area contributed by atoms with Crippen molar-refractivity contribution in [1.29, 1.82) is 0 Å². The number of nitrogens with one attached hydrogen (secondary N) is 1. The molecule has 3 heteroatoms. The Hall–Kier alpha value is -0.120. The van der Waals surface area contributed by atoms with Crippen LogP contribution in [0.3, 0.4) is 0 Å². The topological polar surface area (TPSA) is 35.5 Å². The zero-order valence-electron chi connectivity index (χ0n) is 13.5. The van der Waals surface area contributed by atoms with Gasteiger partial charge in [0, 0.05) is 11.6 Å². The van der Waals surface area contributed by atoms with Gasteiger partial charge in [0.05, 0.1) is 6.61 Å². The van der Waals surface area contributed by atoms with Gasteiger partial charge < -0.3 is 15.3 Å². The maximum Gasteiger partial charge on any atom is 0.0610 e. The summed E-state index contributed by atoms with van der Waals surface area (Å²) in [5.74, 6) is 0.998. The molecule has 0 aromatic carbocycles. The lowest BCUT2D eigenvalue weighted by atomic mass is 9.78. The minimum Gasteiger partial charge on any atom is -0.394 e. The van der Waals surface area contributed by atoms with Crippen LogP contribution in [0.15, 0.2) is 0 Å². The van der Waals surface area contributed by atoms with Crippen molar-refractivity contribution in [2.24, 2.45) is 5.92 Å². The highest BCUT2D eigenvalue weighted by atomic mass is 16.3. The fourth-order valence-corrected chi connectivity index (χ4v) is 4.12. The minimum absolute atomic E-state index is 0.0880. The zero-order valence-corrected chi connectivity index (χ0v) is 13.5. The molecule has 1 aliphatic carbocycles.